The number of nitrogens with one attached hydrogen (secondary N) is 1. The molecule has 0 saturated carbocycles. The van der Waals surface area contributed by atoms with Gasteiger partial charge in [0, 0.05) is 11.3 Å². The Morgan fingerprint density at radius 2 is 1.97 bits per heavy atom. The van der Waals surface area contributed by atoms with Crippen LogP contribution in [0.5, 0.6) is 5.75 Å². The number of methoxy groups -OCH3 is 1. The number of carbonyl (C=O) groups is 1. The number of benzene rings is 2. The Bertz CT molecular complexity index is 1020. The van der Waals surface area contributed by atoms with Gasteiger partial charge in [0.15, 0.2) is 0 Å². The molecule has 1 unspecified atom stereocenters. The summed E-state index contributed by atoms with van der Waals surface area (Å²) in [7, 11) is 1.54. The molecule has 1 heterocycles. The van der Waals surface area contributed by atoms with Crippen LogP contribution < -0.4 is 10.1 Å². The number of amides is 2. The molecule has 1 atom stereocenters. The normalized spacial score (nSPS) is 17.9. The van der Waals surface area contributed by atoms with Gasteiger partial charge in [-0.1, -0.05) is 48.2 Å². The Labute approximate surface area is 193 Å². The van der Waals surface area contributed by atoms with Crippen LogP contribution in [-0.4, -0.2) is 43.5 Å². The predicted octanol–water partition coefficient (Wildman–Crippen LogP) is 5.58. The first-order valence-corrected chi connectivity index (χ1v) is 10.7. The monoisotopic (exact) mass is 485 g/mol. The van der Waals surface area contributed by atoms with Crippen LogP contribution in [-0.2, 0) is 12.7 Å². The van der Waals surface area contributed by atoms with Crippen molar-refractivity contribution in [3.8, 4) is 5.75 Å². The van der Waals surface area contributed by atoms with Crippen LogP contribution in [0.4, 0.5) is 23.7 Å². The molecule has 11 heteroatoms. The number of alkyl halides is 3. The molecule has 1 saturated heterocycles. The van der Waals surface area contributed by atoms with E-state index >= 15 is 0 Å². The molecule has 0 bridgehead atoms. The van der Waals surface area contributed by atoms with Crippen molar-refractivity contribution in [2.24, 2.45) is 0 Å². The van der Waals surface area contributed by atoms with E-state index in [1.165, 1.54) is 31.0 Å². The maximum absolute atomic E-state index is 13.0. The topological polar surface area (TPSA) is 65.0 Å². The van der Waals surface area contributed by atoms with Gasteiger partial charge in [0.1, 0.15) is 16.2 Å². The molecule has 6 nitrogen and oxygen atoms in total. The summed E-state index contributed by atoms with van der Waals surface area (Å²) in [6.07, 6.45) is -5.43. The van der Waals surface area contributed by atoms with E-state index in [1.807, 2.05) is 32.0 Å². The van der Waals surface area contributed by atoms with E-state index in [0.717, 1.165) is 17.7 Å². The Morgan fingerprint density at radius 3 is 2.62 bits per heavy atom. The third kappa shape index (κ3) is 5.11. The molecule has 0 radical (unpaired) electrons. The van der Waals surface area contributed by atoms with Gasteiger partial charge in [0.2, 0.25) is 0 Å². The molecule has 3 rings (SSSR count). The lowest BCUT2D eigenvalue weighted by Crippen LogP contribution is -2.55. The molecule has 2 aromatic rings. The van der Waals surface area contributed by atoms with Crippen LogP contribution in [0.25, 0.3) is 0 Å². The average molecular weight is 486 g/mol. The quantitative estimate of drug-likeness (QED) is 0.328. The standard InChI is InChI=1S/C21H22F3N3O3S2/c1-20(2)17(26(19(31)32-20)12-13-7-4-5-10-16(13)30-3)27(29)18(28)25-15-9-6-8-14(11-15)21(22,23)24/h4-11,17,29H,12H2,1-3H3,(H,25,28). The molecule has 32 heavy (non-hydrogen) atoms. The van der Waals surface area contributed by atoms with Crippen molar-refractivity contribution < 1.29 is 27.9 Å². The van der Waals surface area contributed by atoms with E-state index < -0.39 is 28.7 Å². The van der Waals surface area contributed by atoms with Crippen LogP contribution >= 0.6 is 24.0 Å². The minimum Gasteiger partial charge on any atom is -0.496 e. The molecule has 2 amide bonds. The number of thioether (sulfide) groups is 1. The molecule has 0 aromatic heterocycles. The van der Waals surface area contributed by atoms with Crippen molar-refractivity contribution in [1.82, 2.24) is 9.96 Å². The summed E-state index contributed by atoms with van der Waals surface area (Å²) in [6, 6.07) is 10.5. The van der Waals surface area contributed by atoms with E-state index in [2.05, 4.69) is 5.32 Å². The summed E-state index contributed by atoms with van der Waals surface area (Å²) in [4.78, 5) is 14.4. The molecule has 0 aliphatic carbocycles. The number of urea groups is 1. The van der Waals surface area contributed by atoms with E-state index in [0.29, 0.717) is 15.1 Å². The van der Waals surface area contributed by atoms with Gasteiger partial charge >= 0.3 is 12.2 Å². The van der Waals surface area contributed by atoms with Gasteiger partial charge in [0.05, 0.1) is 24.0 Å². The summed E-state index contributed by atoms with van der Waals surface area (Å²) in [6.45, 7) is 3.90. The molecular formula is C21H22F3N3O3S2. The van der Waals surface area contributed by atoms with E-state index in [-0.39, 0.29) is 12.2 Å². The fourth-order valence-electron chi connectivity index (χ4n) is 3.47. The van der Waals surface area contributed by atoms with Crippen molar-refractivity contribution in [2.75, 3.05) is 12.4 Å². The van der Waals surface area contributed by atoms with E-state index in [4.69, 9.17) is 17.0 Å². The summed E-state index contributed by atoms with van der Waals surface area (Å²) in [5.74, 6) is 0.627. The van der Waals surface area contributed by atoms with Gasteiger partial charge in [-0.15, -0.1) is 0 Å². The molecule has 172 valence electrons. The fourth-order valence-corrected chi connectivity index (χ4v) is 5.34. The van der Waals surface area contributed by atoms with E-state index in [1.54, 1.807) is 11.0 Å². The number of halogens is 3. The number of rotatable bonds is 5. The first-order valence-electron chi connectivity index (χ1n) is 9.52. The smallest absolute Gasteiger partial charge is 0.416 e. The highest BCUT2D eigenvalue weighted by atomic mass is 32.2. The number of carbonyl (C=O) groups excluding carboxylic acids is 1. The van der Waals surface area contributed by atoms with Crippen LogP contribution in [0, 0.1) is 0 Å². The van der Waals surface area contributed by atoms with Gasteiger partial charge in [-0.05, 0) is 38.1 Å². The molecule has 1 fully saturated rings. The van der Waals surface area contributed by atoms with Crippen molar-refractivity contribution in [3.05, 3.63) is 59.7 Å². The van der Waals surface area contributed by atoms with Crippen molar-refractivity contribution in [3.63, 3.8) is 0 Å². The zero-order valence-corrected chi connectivity index (χ0v) is 19.1. The first kappa shape index (κ1) is 24.1. The van der Waals surface area contributed by atoms with Gasteiger partial charge in [-0.3, -0.25) is 5.21 Å². The fraction of sp³-hybridized carbons (Fsp3) is 0.333. The largest absolute Gasteiger partial charge is 0.496 e. The lowest BCUT2D eigenvalue weighted by Gasteiger charge is -2.37. The SMILES string of the molecule is COc1ccccc1CN1C(=S)SC(C)(C)C1N(O)C(=O)Nc1cccc(C(F)(F)F)c1. The highest BCUT2D eigenvalue weighted by molar-refractivity contribution is 8.24. The minimum absolute atomic E-state index is 0.0915. The first-order chi connectivity index (χ1) is 14.9. The molecular weight excluding hydrogens is 463 g/mol. The minimum atomic E-state index is -4.55. The Balaban J connectivity index is 1.84. The lowest BCUT2D eigenvalue weighted by molar-refractivity contribution is -0.137. The second-order valence-corrected chi connectivity index (χ2v) is 9.93. The Kier molecular flexibility index (Phi) is 6.91. The van der Waals surface area contributed by atoms with Crippen LogP contribution in [0.3, 0.4) is 0 Å². The summed E-state index contributed by atoms with van der Waals surface area (Å²) >= 11 is 6.81. The molecule has 2 aromatic carbocycles. The van der Waals surface area contributed by atoms with Crippen molar-refractivity contribution in [2.45, 2.75) is 37.5 Å². The zero-order valence-electron chi connectivity index (χ0n) is 17.5. The number of para-hydroxylation sites is 1. The third-order valence-corrected chi connectivity index (χ3v) is 6.55. The highest BCUT2D eigenvalue weighted by Gasteiger charge is 2.49. The van der Waals surface area contributed by atoms with Crippen LogP contribution in [0.15, 0.2) is 48.5 Å². The Morgan fingerprint density at radius 1 is 1.28 bits per heavy atom. The van der Waals surface area contributed by atoms with Crippen molar-refractivity contribution in [1.29, 1.82) is 0 Å². The summed E-state index contributed by atoms with van der Waals surface area (Å²) < 4.78 is 44.1. The summed E-state index contributed by atoms with van der Waals surface area (Å²) in [5, 5.41) is 13.6. The van der Waals surface area contributed by atoms with Crippen LogP contribution in [0.1, 0.15) is 25.0 Å². The third-order valence-electron chi connectivity index (χ3n) is 4.92. The molecule has 1 aliphatic rings. The summed E-state index contributed by atoms with van der Waals surface area (Å²) in [5.41, 5.74) is -0.200. The van der Waals surface area contributed by atoms with Gasteiger partial charge in [-0.2, -0.15) is 18.2 Å². The number of hydroxylamine groups is 2. The van der Waals surface area contributed by atoms with Gasteiger partial charge in [0.25, 0.3) is 0 Å². The number of ether oxygens (including phenoxy) is 1. The number of nitrogens with zero attached hydrogens (tertiary/aromatic N) is 2. The lowest BCUT2D eigenvalue weighted by atomic mass is 10.1. The van der Waals surface area contributed by atoms with Gasteiger partial charge < -0.3 is 15.0 Å². The highest BCUT2D eigenvalue weighted by Crippen LogP contribution is 2.43. The maximum Gasteiger partial charge on any atom is 0.416 e. The zero-order chi connectivity index (χ0) is 23.7. The molecule has 2 N–H and O–H groups in total. The number of hydrogen-bond acceptors (Lipinski definition) is 5. The average Bonchev–Trinajstić information content (AvgIpc) is 2.95. The second kappa shape index (κ2) is 9.16. The van der Waals surface area contributed by atoms with Gasteiger partial charge in [-0.25, -0.2) is 4.79 Å². The maximum atomic E-state index is 13.0. The van der Waals surface area contributed by atoms with E-state index in [9.17, 15) is 23.2 Å². The van der Waals surface area contributed by atoms with Crippen LogP contribution in [0.2, 0.25) is 0 Å². The number of anilines is 1. The molecule has 1 aliphatic heterocycles. The molecule has 0 spiro atoms. The Hall–Kier alpha value is -2.50. The number of hydrogen-bond donors (Lipinski definition) is 2. The predicted molar refractivity (Wildman–Crippen MR) is 121 cm³/mol. The second-order valence-electron chi connectivity index (χ2n) is 7.64. The van der Waals surface area contributed by atoms with Crippen molar-refractivity contribution >= 4 is 40.0 Å². The number of thiocarbonyl (C=S) groups is 1.